The van der Waals surface area contributed by atoms with Crippen LogP contribution in [0.2, 0.25) is 0 Å². The molecule has 37 heavy (non-hydrogen) atoms. The van der Waals surface area contributed by atoms with Crippen LogP contribution in [0.1, 0.15) is 79.7 Å². The van der Waals surface area contributed by atoms with Gasteiger partial charge >= 0.3 is 13.2 Å². The topological polar surface area (TPSA) is 60.5 Å². The summed E-state index contributed by atoms with van der Waals surface area (Å²) in [6.45, 7) is 18.7. The summed E-state index contributed by atoms with van der Waals surface area (Å²) in [7, 11) is -0.303. The first-order chi connectivity index (χ1) is 17.3. The molecule has 7 nitrogen and oxygen atoms in total. The molecule has 8 heteroatoms. The molecule has 1 amide bonds. The summed E-state index contributed by atoms with van der Waals surface area (Å²) in [5.41, 5.74) is 1.34. The predicted molar refractivity (Wildman–Crippen MR) is 147 cm³/mol. The number of carbonyl (C=O) groups is 1. The lowest BCUT2D eigenvalue weighted by Gasteiger charge is -2.37. The van der Waals surface area contributed by atoms with Gasteiger partial charge in [-0.15, -0.1) is 0 Å². The Morgan fingerprint density at radius 1 is 0.919 bits per heavy atom. The van der Waals surface area contributed by atoms with E-state index in [0.717, 1.165) is 57.2 Å². The summed E-state index contributed by atoms with van der Waals surface area (Å²) in [6, 6.07) is 8.71. The summed E-state index contributed by atoms with van der Waals surface area (Å²) in [6.07, 6.45) is 5.34. The number of rotatable bonds is 6. The molecule has 0 radical (unpaired) electrons. The van der Waals surface area contributed by atoms with Crippen LogP contribution in [0, 0.1) is 0 Å². The Labute approximate surface area is 224 Å². The second-order valence-electron chi connectivity index (χ2n) is 12.9. The molecule has 0 saturated carbocycles. The SMILES string of the molecule is CC(C)(C)OC(=O)N1CCC(OC2CCN(CCc3ccc(B4OC(C)(C)C(C)(C)O4)cc3)CC2)CC1. The van der Waals surface area contributed by atoms with Gasteiger partial charge in [-0.25, -0.2) is 4.79 Å². The smallest absolute Gasteiger partial charge is 0.444 e. The van der Waals surface area contributed by atoms with Crippen LogP contribution in [0.3, 0.4) is 0 Å². The van der Waals surface area contributed by atoms with Crippen molar-refractivity contribution in [3.63, 3.8) is 0 Å². The van der Waals surface area contributed by atoms with E-state index < -0.39 is 5.60 Å². The molecule has 1 aromatic rings. The summed E-state index contributed by atoms with van der Waals surface area (Å²) < 4.78 is 24.3. The van der Waals surface area contributed by atoms with Crippen molar-refractivity contribution in [3.8, 4) is 0 Å². The fourth-order valence-electron chi connectivity index (χ4n) is 5.15. The molecular weight excluding hydrogens is 467 g/mol. The van der Waals surface area contributed by atoms with Crippen molar-refractivity contribution in [2.24, 2.45) is 0 Å². The highest BCUT2D eigenvalue weighted by Crippen LogP contribution is 2.36. The zero-order valence-electron chi connectivity index (χ0n) is 24.0. The van der Waals surface area contributed by atoms with Crippen LogP contribution in [0.5, 0.6) is 0 Å². The first-order valence-corrected chi connectivity index (χ1v) is 14.1. The minimum atomic E-state index is -0.448. The van der Waals surface area contributed by atoms with Crippen LogP contribution < -0.4 is 5.46 Å². The number of hydrogen-bond donors (Lipinski definition) is 0. The Kier molecular flexibility index (Phi) is 8.64. The fraction of sp³-hybridized carbons (Fsp3) is 0.759. The fourth-order valence-corrected chi connectivity index (χ4v) is 5.15. The van der Waals surface area contributed by atoms with Crippen molar-refractivity contribution >= 4 is 18.7 Å². The van der Waals surface area contributed by atoms with Crippen LogP contribution in [0.15, 0.2) is 24.3 Å². The average molecular weight is 515 g/mol. The van der Waals surface area contributed by atoms with E-state index in [0.29, 0.717) is 19.2 Å². The Bertz CT molecular complexity index is 882. The molecule has 0 aliphatic carbocycles. The lowest BCUT2D eigenvalue weighted by molar-refractivity contribution is -0.0661. The van der Waals surface area contributed by atoms with E-state index in [1.807, 2.05) is 25.7 Å². The maximum Gasteiger partial charge on any atom is 0.494 e. The van der Waals surface area contributed by atoms with E-state index in [4.69, 9.17) is 18.8 Å². The number of piperidine rings is 2. The number of amides is 1. The van der Waals surface area contributed by atoms with Gasteiger partial charge in [-0.2, -0.15) is 0 Å². The van der Waals surface area contributed by atoms with Gasteiger partial charge in [0.15, 0.2) is 0 Å². The zero-order valence-corrected chi connectivity index (χ0v) is 24.0. The third-order valence-corrected chi connectivity index (χ3v) is 8.24. The zero-order chi connectivity index (χ0) is 26.8. The maximum atomic E-state index is 12.3. The van der Waals surface area contributed by atoms with Crippen molar-refractivity contribution in [3.05, 3.63) is 29.8 Å². The normalized spacial score (nSPS) is 23.4. The van der Waals surface area contributed by atoms with E-state index in [9.17, 15) is 4.79 Å². The highest BCUT2D eigenvalue weighted by molar-refractivity contribution is 6.62. The summed E-state index contributed by atoms with van der Waals surface area (Å²) in [5, 5.41) is 0. The van der Waals surface area contributed by atoms with Crippen LogP contribution in [-0.2, 0) is 25.2 Å². The van der Waals surface area contributed by atoms with Gasteiger partial charge in [0.25, 0.3) is 0 Å². The predicted octanol–water partition coefficient (Wildman–Crippen LogP) is 4.41. The second kappa shape index (κ2) is 11.2. The van der Waals surface area contributed by atoms with Gasteiger partial charge in [0.05, 0.1) is 23.4 Å². The van der Waals surface area contributed by atoms with Crippen LogP contribution in [-0.4, -0.2) is 84.7 Å². The molecule has 0 aromatic heterocycles. The van der Waals surface area contributed by atoms with Crippen LogP contribution >= 0.6 is 0 Å². The van der Waals surface area contributed by atoms with E-state index in [2.05, 4.69) is 56.9 Å². The highest BCUT2D eigenvalue weighted by atomic mass is 16.7. The molecular formula is C29H47BN2O5. The molecule has 4 rings (SSSR count). The minimum absolute atomic E-state index is 0.206. The lowest BCUT2D eigenvalue weighted by Crippen LogP contribution is -2.45. The Morgan fingerprint density at radius 3 is 1.95 bits per heavy atom. The molecule has 3 aliphatic rings. The summed E-state index contributed by atoms with van der Waals surface area (Å²) in [5.74, 6) is 0. The van der Waals surface area contributed by atoms with Crippen molar-refractivity contribution < 1.29 is 23.6 Å². The molecule has 206 valence electrons. The second-order valence-corrected chi connectivity index (χ2v) is 12.9. The summed E-state index contributed by atoms with van der Waals surface area (Å²) in [4.78, 5) is 16.6. The maximum absolute atomic E-state index is 12.3. The number of nitrogens with zero attached hydrogens (tertiary/aromatic N) is 2. The van der Waals surface area contributed by atoms with Gasteiger partial charge < -0.3 is 28.6 Å². The third kappa shape index (κ3) is 7.50. The van der Waals surface area contributed by atoms with Gasteiger partial charge in [-0.3, -0.25) is 0 Å². The van der Waals surface area contributed by atoms with Gasteiger partial charge in [0.1, 0.15) is 5.60 Å². The largest absolute Gasteiger partial charge is 0.494 e. The minimum Gasteiger partial charge on any atom is -0.444 e. The molecule has 0 bridgehead atoms. The molecule has 0 atom stereocenters. The average Bonchev–Trinajstić information content (AvgIpc) is 3.05. The van der Waals surface area contributed by atoms with E-state index in [1.165, 1.54) is 5.56 Å². The molecule has 3 aliphatic heterocycles. The lowest BCUT2D eigenvalue weighted by atomic mass is 9.79. The Balaban J connectivity index is 1.14. The van der Waals surface area contributed by atoms with Gasteiger partial charge in [0, 0.05) is 32.7 Å². The van der Waals surface area contributed by atoms with E-state index >= 15 is 0 Å². The molecule has 0 spiro atoms. The van der Waals surface area contributed by atoms with Crippen molar-refractivity contribution in [2.75, 3.05) is 32.7 Å². The van der Waals surface area contributed by atoms with Gasteiger partial charge in [0.2, 0.25) is 0 Å². The highest BCUT2D eigenvalue weighted by Gasteiger charge is 2.51. The van der Waals surface area contributed by atoms with Gasteiger partial charge in [-0.05, 0) is 91.6 Å². The standard InChI is InChI=1S/C29H47BN2O5/c1-27(2,3)35-26(33)32-20-15-25(16-21-32)34-24-13-18-31(19-14-24)17-12-22-8-10-23(11-9-22)30-36-28(4,5)29(6,7)37-30/h8-11,24-25H,12-21H2,1-7H3. The quantitative estimate of drug-likeness (QED) is 0.525. The molecule has 0 N–H and O–H groups in total. The monoisotopic (exact) mass is 514 g/mol. The molecule has 0 unspecified atom stereocenters. The van der Waals surface area contributed by atoms with Crippen molar-refractivity contribution in [2.45, 2.75) is 110 Å². The van der Waals surface area contributed by atoms with E-state index in [-0.39, 0.29) is 30.5 Å². The van der Waals surface area contributed by atoms with Crippen LogP contribution in [0.4, 0.5) is 4.79 Å². The number of likely N-dealkylation sites (tertiary alicyclic amines) is 2. The van der Waals surface area contributed by atoms with Crippen molar-refractivity contribution in [1.82, 2.24) is 9.80 Å². The van der Waals surface area contributed by atoms with Crippen molar-refractivity contribution in [1.29, 1.82) is 0 Å². The number of carbonyl (C=O) groups excluding carboxylic acids is 1. The molecule has 3 saturated heterocycles. The number of benzene rings is 1. The summed E-state index contributed by atoms with van der Waals surface area (Å²) >= 11 is 0. The first kappa shape index (κ1) is 28.4. The molecule has 3 fully saturated rings. The number of hydrogen-bond acceptors (Lipinski definition) is 6. The van der Waals surface area contributed by atoms with Gasteiger partial charge in [-0.1, -0.05) is 24.3 Å². The number of ether oxygens (including phenoxy) is 2. The first-order valence-electron chi connectivity index (χ1n) is 14.1. The molecule has 3 heterocycles. The van der Waals surface area contributed by atoms with Crippen LogP contribution in [0.25, 0.3) is 0 Å². The third-order valence-electron chi connectivity index (χ3n) is 8.24. The van der Waals surface area contributed by atoms with E-state index in [1.54, 1.807) is 0 Å². The Hall–Kier alpha value is -1.61. The Morgan fingerprint density at radius 2 is 1.43 bits per heavy atom. The molecule has 1 aromatic carbocycles.